The Morgan fingerprint density at radius 2 is 1.59 bits per heavy atom. The molecule has 1 amide bonds. The van der Waals surface area contributed by atoms with E-state index in [0.29, 0.717) is 69.8 Å². The molecule has 1 saturated carbocycles. The minimum Gasteiger partial charge on any atom is -0.460 e. The molecule has 0 spiro atoms. The maximum atomic E-state index is 14.6. The van der Waals surface area contributed by atoms with Gasteiger partial charge in [0.05, 0.1) is 50.8 Å². The topological polar surface area (TPSA) is 240 Å². The molecule has 3 aliphatic heterocycles. The summed E-state index contributed by atoms with van der Waals surface area (Å²) in [6, 6.07) is -1.19. The molecule has 75 heavy (non-hydrogen) atoms. The van der Waals surface area contributed by atoms with Crippen molar-refractivity contribution < 1.29 is 81.3 Å². The second-order valence-electron chi connectivity index (χ2n) is 21.6. The SMILES string of the molecule is CO[C@H]1C[C@@H]2CC[C@@H](C)[C@@](O)(O2)C(=O)C(=O)N2CCCCC2C(=O)O[C@H]([C@H](C)C[C@@H]2CC[C@@H](OP(C)(=O)OCCOCCO)[C@H](OC)C2)CC(=O)[C@H](C)/C=C(\C)[C@@H](O)[C@@H](OC)C(=O)[C@H](C)C[C@H](C)/C=C/C=C/C=C/1C. The number of aliphatic hydroxyl groups is 3. The van der Waals surface area contributed by atoms with E-state index < -0.39 is 103 Å². The zero-order valence-electron chi connectivity index (χ0n) is 46.5. The van der Waals surface area contributed by atoms with Crippen molar-refractivity contribution in [3.8, 4) is 0 Å². The van der Waals surface area contributed by atoms with E-state index in [2.05, 4.69) is 0 Å². The van der Waals surface area contributed by atoms with Gasteiger partial charge in [-0.1, -0.05) is 71.1 Å². The quantitative estimate of drug-likeness (QED) is 0.0519. The zero-order valence-corrected chi connectivity index (χ0v) is 47.4. The lowest BCUT2D eigenvalue weighted by molar-refractivity contribution is -0.265. The van der Waals surface area contributed by atoms with Gasteiger partial charge in [0.1, 0.15) is 30.1 Å². The molecule has 3 N–H and O–H groups in total. The maximum Gasteiger partial charge on any atom is 0.329 e. The minimum atomic E-state index is -3.51. The van der Waals surface area contributed by atoms with Crippen molar-refractivity contribution in [2.75, 3.05) is 61.0 Å². The van der Waals surface area contributed by atoms with Gasteiger partial charge < -0.3 is 57.7 Å². The highest BCUT2D eigenvalue weighted by molar-refractivity contribution is 7.53. The predicted octanol–water partition coefficient (Wildman–Crippen LogP) is 7.05. The Labute approximate surface area is 445 Å². The van der Waals surface area contributed by atoms with E-state index >= 15 is 0 Å². The number of Topliss-reactive ketones (excluding diaryl/α,β-unsaturated/α-hetero) is 3. The third kappa shape index (κ3) is 18.7. The van der Waals surface area contributed by atoms with Crippen LogP contribution in [0, 0.1) is 35.5 Å². The fourth-order valence-electron chi connectivity index (χ4n) is 10.9. The van der Waals surface area contributed by atoms with E-state index in [9.17, 15) is 38.8 Å². The largest absolute Gasteiger partial charge is 0.460 e. The molecule has 4 rings (SSSR count). The molecule has 2 bridgehead atoms. The van der Waals surface area contributed by atoms with Gasteiger partial charge in [-0.05, 0) is 107 Å². The molecule has 3 fully saturated rings. The van der Waals surface area contributed by atoms with Crippen LogP contribution in [0.2, 0.25) is 0 Å². The van der Waals surface area contributed by atoms with E-state index in [1.807, 2.05) is 51.2 Å². The number of piperidine rings is 1. The van der Waals surface area contributed by atoms with Gasteiger partial charge >= 0.3 is 13.6 Å². The first-order valence-corrected chi connectivity index (χ1v) is 29.1. The van der Waals surface area contributed by atoms with Gasteiger partial charge in [-0.2, -0.15) is 0 Å². The number of fused-ring (bicyclic) bond motifs is 3. The van der Waals surface area contributed by atoms with Crippen molar-refractivity contribution in [2.45, 2.75) is 180 Å². The lowest BCUT2D eigenvalue weighted by atomic mass is 9.78. The predicted molar refractivity (Wildman–Crippen MR) is 281 cm³/mol. The summed E-state index contributed by atoms with van der Waals surface area (Å²) in [5.74, 6) is -8.47. The number of aliphatic hydroxyl groups excluding tert-OH is 2. The van der Waals surface area contributed by atoms with Gasteiger partial charge in [-0.25, -0.2) is 4.79 Å². The molecular formula is C56H90NO17P. The normalized spacial score (nSPS) is 37.5. The van der Waals surface area contributed by atoms with Crippen molar-refractivity contribution >= 4 is 36.8 Å². The third-order valence-electron chi connectivity index (χ3n) is 15.6. The van der Waals surface area contributed by atoms with Crippen LogP contribution in [0.1, 0.15) is 126 Å². The summed E-state index contributed by atoms with van der Waals surface area (Å²) in [5.41, 5.74) is 1.22. The molecule has 426 valence electrons. The van der Waals surface area contributed by atoms with Crippen molar-refractivity contribution in [1.82, 2.24) is 4.90 Å². The monoisotopic (exact) mass is 1080 g/mol. The Bertz CT molecular complexity index is 2060. The fourth-order valence-corrected chi connectivity index (χ4v) is 12.1. The van der Waals surface area contributed by atoms with Crippen LogP contribution < -0.4 is 0 Å². The molecule has 4 aliphatic rings. The van der Waals surface area contributed by atoms with Crippen LogP contribution in [0.4, 0.5) is 0 Å². The van der Waals surface area contributed by atoms with Crippen molar-refractivity contribution in [3.63, 3.8) is 0 Å². The number of nitrogens with zero attached hydrogens (tertiary/aromatic N) is 1. The first-order chi connectivity index (χ1) is 35.5. The smallest absolute Gasteiger partial charge is 0.329 e. The number of amides is 1. The highest BCUT2D eigenvalue weighted by Crippen LogP contribution is 2.48. The average Bonchev–Trinajstić information content (AvgIpc) is 3.37. The first kappa shape index (κ1) is 64.3. The Balaban J connectivity index is 1.66. The number of ether oxygens (including phenoxy) is 6. The number of esters is 1. The van der Waals surface area contributed by atoms with Crippen LogP contribution in [-0.2, 0) is 66.0 Å². The van der Waals surface area contributed by atoms with Crippen LogP contribution in [0.25, 0.3) is 0 Å². The summed E-state index contributed by atoms with van der Waals surface area (Å²) in [6.07, 6.45) is 10.3. The van der Waals surface area contributed by atoms with Crippen molar-refractivity contribution in [2.24, 2.45) is 35.5 Å². The average molecular weight is 1080 g/mol. The van der Waals surface area contributed by atoms with Gasteiger partial charge in [-0.15, -0.1) is 0 Å². The number of carbonyl (C=O) groups is 5. The highest BCUT2D eigenvalue weighted by atomic mass is 31.2. The highest BCUT2D eigenvalue weighted by Gasteiger charge is 2.53. The molecule has 18 nitrogen and oxygen atoms in total. The van der Waals surface area contributed by atoms with E-state index in [-0.39, 0.29) is 69.2 Å². The third-order valence-corrected chi connectivity index (χ3v) is 16.9. The van der Waals surface area contributed by atoms with Crippen LogP contribution >= 0.6 is 7.60 Å². The lowest BCUT2D eigenvalue weighted by Gasteiger charge is -2.42. The Kier molecular flexibility index (Phi) is 26.4. The molecule has 16 atom stereocenters. The maximum absolute atomic E-state index is 14.6. The molecule has 0 aromatic heterocycles. The van der Waals surface area contributed by atoms with E-state index in [0.717, 1.165) is 5.57 Å². The lowest BCUT2D eigenvalue weighted by Crippen LogP contribution is -2.61. The number of carbonyl (C=O) groups excluding carboxylic acids is 5. The van der Waals surface area contributed by atoms with Crippen LogP contribution in [0.5, 0.6) is 0 Å². The number of rotatable bonds is 14. The zero-order chi connectivity index (χ0) is 55.6. The van der Waals surface area contributed by atoms with Crippen LogP contribution in [-0.4, -0.2) is 165 Å². The van der Waals surface area contributed by atoms with Gasteiger partial charge in [0.2, 0.25) is 5.79 Å². The van der Waals surface area contributed by atoms with Gasteiger partial charge in [0, 0.05) is 65.1 Å². The Morgan fingerprint density at radius 1 is 0.853 bits per heavy atom. The van der Waals surface area contributed by atoms with E-state index in [4.69, 9.17) is 42.6 Å². The minimum absolute atomic E-state index is 0.000234. The summed E-state index contributed by atoms with van der Waals surface area (Å²) in [4.78, 5) is 72.6. The van der Waals surface area contributed by atoms with Gasteiger partial charge in [0.25, 0.3) is 11.7 Å². The second-order valence-corrected chi connectivity index (χ2v) is 23.6. The fraction of sp³-hybridized carbons (Fsp3) is 0.768. The molecule has 19 heteroatoms. The van der Waals surface area contributed by atoms with Gasteiger partial charge in [-0.3, -0.25) is 23.7 Å². The molecular weight excluding hydrogens is 990 g/mol. The van der Waals surface area contributed by atoms with E-state index in [1.54, 1.807) is 48.0 Å². The molecule has 1 aliphatic carbocycles. The molecule has 0 radical (unpaired) electrons. The number of allylic oxidation sites excluding steroid dienone is 6. The second kappa shape index (κ2) is 30.8. The van der Waals surface area contributed by atoms with Gasteiger partial charge in [0.15, 0.2) is 5.78 Å². The first-order valence-electron chi connectivity index (χ1n) is 27.1. The summed E-state index contributed by atoms with van der Waals surface area (Å²) < 4.78 is 59.8. The Morgan fingerprint density at radius 3 is 2.27 bits per heavy atom. The van der Waals surface area contributed by atoms with Crippen molar-refractivity contribution in [1.29, 1.82) is 0 Å². The summed E-state index contributed by atoms with van der Waals surface area (Å²) in [7, 11) is 0.977. The number of cyclic esters (lactones) is 1. The molecule has 2 saturated heterocycles. The number of hydrogen-bond acceptors (Lipinski definition) is 17. The Hall–Kier alpha value is -3.26. The summed E-state index contributed by atoms with van der Waals surface area (Å²) >= 11 is 0. The molecule has 0 aromatic rings. The van der Waals surface area contributed by atoms with Crippen molar-refractivity contribution in [3.05, 3.63) is 47.6 Å². The summed E-state index contributed by atoms with van der Waals surface area (Å²) in [5, 5.41) is 32.5. The summed E-state index contributed by atoms with van der Waals surface area (Å²) in [6.45, 7) is 14.1. The molecule has 0 aromatic carbocycles. The standard InChI is InChI=1S/C56H90NO17P/c1-35-17-13-12-14-18-36(2)47(67-8)33-43-22-20-41(7)56(65,73-43)53(62)54(63)57-24-16-15-19-44(57)55(64)72-48(34-45(59)37(3)30-40(6)51(61)52(69-10)50(60)39(5)29-35)38(4)31-42-21-23-46(49(32-42)68-9)74-75(11,66)71-28-27-70-26-25-58/h12-14,17-18,30,35,37-39,41-44,46-49,51-52,58,61,65H,15-16,19-29,31-34H2,1-11H3/b14-12+,17-13+,36-18+,40-30+/t35-,37-,38-,39-,41-,42+,43+,44?,46-,47+,48+,49-,51-,52+,56-,75?/m1/s1. The van der Waals surface area contributed by atoms with Crippen LogP contribution in [0.3, 0.4) is 0 Å². The molecule has 3 heterocycles. The number of ketones is 3. The van der Waals surface area contributed by atoms with E-state index in [1.165, 1.54) is 18.7 Å². The van der Waals surface area contributed by atoms with Crippen LogP contribution in [0.15, 0.2) is 47.6 Å². The molecule has 2 unspecified atom stereocenters. The number of methoxy groups -OCH3 is 3. The number of hydrogen-bond donors (Lipinski definition) is 3.